The summed E-state index contributed by atoms with van der Waals surface area (Å²) in [5, 5.41) is 11.0. The van der Waals surface area contributed by atoms with E-state index in [1.165, 1.54) is 6.07 Å². The van der Waals surface area contributed by atoms with Gasteiger partial charge in [-0.2, -0.15) is 0 Å². The second-order valence-corrected chi connectivity index (χ2v) is 5.40. The molecule has 20 heavy (non-hydrogen) atoms. The minimum Gasteiger partial charge on any atom is -0.450 e. The predicted molar refractivity (Wildman–Crippen MR) is 81.6 cm³/mol. The third-order valence-electron chi connectivity index (χ3n) is 2.70. The minimum absolute atomic E-state index is 0.0703. The standard InChI is InChI=1S/C14H11BrClNO3/c1-9-2-4-12(17(18)19)14(6-9)20-13-5-3-11(15)7-10(13)8-16/h2-7H,8H2,1H3. The zero-order chi connectivity index (χ0) is 14.7. The van der Waals surface area contributed by atoms with E-state index in [0.717, 1.165) is 15.6 Å². The number of aryl methyl sites for hydroxylation is 1. The van der Waals surface area contributed by atoms with Gasteiger partial charge in [-0.15, -0.1) is 11.6 Å². The zero-order valence-electron chi connectivity index (χ0n) is 10.6. The number of ether oxygens (including phenoxy) is 1. The van der Waals surface area contributed by atoms with Gasteiger partial charge in [0.05, 0.1) is 10.8 Å². The summed E-state index contributed by atoms with van der Waals surface area (Å²) >= 11 is 9.22. The number of nitro groups is 1. The molecule has 2 aromatic rings. The quantitative estimate of drug-likeness (QED) is 0.430. The molecule has 0 amide bonds. The van der Waals surface area contributed by atoms with Crippen LogP contribution in [0.25, 0.3) is 0 Å². The highest BCUT2D eigenvalue weighted by molar-refractivity contribution is 9.10. The van der Waals surface area contributed by atoms with Crippen molar-refractivity contribution >= 4 is 33.2 Å². The van der Waals surface area contributed by atoms with Crippen molar-refractivity contribution in [2.45, 2.75) is 12.8 Å². The Labute approximate surface area is 129 Å². The molecule has 2 rings (SSSR count). The summed E-state index contributed by atoms with van der Waals surface area (Å²) in [4.78, 5) is 10.6. The van der Waals surface area contributed by atoms with E-state index in [1.807, 2.05) is 13.0 Å². The van der Waals surface area contributed by atoms with Crippen LogP contribution in [-0.2, 0) is 5.88 Å². The van der Waals surface area contributed by atoms with Gasteiger partial charge in [0.15, 0.2) is 0 Å². The molecule has 0 aliphatic rings. The molecule has 0 unspecified atom stereocenters. The van der Waals surface area contributed by atoms with Crippen molar-refractivity contribution in [3.8, 4) is 11.5 Å². The molecular weight excluding hydrogens is 346 g/mol. The highest BCUT2D eigenvalue weighted by Crippen LogP contribution is 2.35. The van der Waals surface area contributed by atoms with Gasteiger partial charge < -0.3 is 4.74 Å². The van der Waals surface area contributed by atoms with Crippen LogP contribution in [0.15, 0.2) is 40.9 Å². The topological polar surface area (TPSA) is 52.4 Å². The summed E-state index contributed by atoms with van der Waals surface area (Å²) in [6.07, 6.45) is 0. The summed E-state index contributed by atoms with van der Waals surface area (Å²) in [6, 6.07) is 10.1. The molecule has 0 saturated carbocycles. The summed E-state index contributed by atoms with van der Waals surface area (Å²) in [6.45, 7) is 1.85. The molecule has 2 aromatic carbocycles. The Balaban J connectivity index is 2.44. The number of nitro benzene ring substituents is 1. The summed E-state index contributed by atoms with van der Waals surface area (Å²) in [5.41, 5.74) is 1.58. The van der Waals surface area contributed by atoms with E-state index in [0.29, 0.717) is 5.75 Å². The molecule has 0 fully saturated rings. The number of rotatable bonds is 4. The Kier molecular flexibility index (Phi) is 4.62. The van der Waals surface area contributed by atoms with Gasteiger partial charge >= 0.3 is 5.69 Å². The average Bonchev–Trinajstić information content (AvgIpc) is 2.40. The number of alkyl halides is 1. The maximum Gasteiger partial charge on any atom is 0.311 e. The number of benzene rings is 2. The fraction of sp³-hybridized carbons (Fsp3) is 0.143. The Morgan fingerprint density at radius 3 is 2.65 bits per heavy atom. The van der Waals surface area contributed by atoms with Gasteiger partial charge in [0.25, 0.3) is 0 Å². The van der Waals surface area contributed by atoms with Crippen molar-refractivity contribution in [3.63, 3.8) is 0 Å². The molecule has 0 atom stereocenters. The first-order valence-electron chi connectivity index (χ1n) is 5.78. The first-order chi connectivity index (χ1) is 9.51. The van der Waals surface area contributed by atoms with Gasteiger partial charge in [-0.25, -0.2) is 0 Å². The maximum atomic E-state index is 11.0. The van der Waals surface area contributed by atoms with E-state index in [2.05, 4.69) is 15.9 Å². The second-order valence-electron chi connectivity index (χ2n) is 4.22. The van der Waals surface area contributed by atoms with Crippen LogP contribution in [0.4, 0.5) is 5.69 Å². The van der Waals surface area contributed by atoms with Crippen molar-refractivity contribution in [1.82, 2.24) is 0 Å². The van der Waals surface area contributed by atoms with Gasteiger partial charge in [-0.05, 0) is 36.8 Å². The van der Waals surface area contributed by atoms with Crippen LogP contribution in [0.1, 0.15) is 11.1 Å². The van der Waals surface area contributed by atoms with Gasteiger partial charge in [-0.3, -0.25) is 10.1 Å². The first-order valence-corrected chi connectivity index (χ1v) is 7.11. The Hall–Kier alpha value is -1.59. The summed E-state index contributed by atoms with van der Waals surface area (Å²) < 4.78 is 6.56. The maximum absolute atomic E-state index is 11.0. The summed E-state index contributed by atoms with van der Waals surface area (Å²) in [5.74, 6) is 0.981. The van der Waals surface area contributed by atoms with Crippen LogP contribution in [0.2, 0.25) is 0 Å². The SMILES string of the molecule is Cc1ccc([N+](=O)[O-])c(Oc2ccc(Br)cc2CCl)c1. The fourth-order valence-electron chi connectivity index (χ4n) is 1.72. The van der Waals surface area contributed by atoms with E-state index < -0.39 is 4.92 Å². The van der Waals surface area contributed by atoms with Gasteiger partial charge in [0.1, 0.15) is 5.75 Å². The Morgan fingerprint density at radius 1 is 1.25 bits per heavy atom. The molecule has 0 N–H and O–H groups in total. The van der Waals surface area contributed by atoms with Crippen molar-refractivity contribution in [1.29, 1.82) is 0 Å². The lowest BCUT2D eigenvalue weighted by atomic mass is 10.2. The second kappa shape index (κ2) is 6.24. The van der Waals surface area contributed by atoms with Crippen LogP contribution in [0.3, 0.4) is 0 Å². The Bertz CT molecular complexity index is 661. The highest BCUT2D eigenvalue weighted by atomic mass is 79.9. The molecule has 0 aliphatic heterocycles. The van der Waals surface area contributed by atoms with Crippen LogP contribution in [0.5, 0.6) is 11.5 Å². The highest BCUT2D eigenvalue weighted by Gasteiger charge is 2.17. The van der Waals surface area contributed by atoms with Crippen molar-refractivity contribution < 1.29 is 9.66 Å². The van der Waals surface area contributed by atoms with Crippen LogP contribution in [-0.4, -0.2) is 4.92 Å². The van der Waals surface area contributed by atoms with Crippen LogP contribution < -0.4 is 4.74 Å². The molecule has 6 heteroatoms. The molecule has 0 bridgehead atoms. The lowest BCUT2D eigenvalue weighted by Gasteiger charge is -2.10. The van der Waals surface area contributed by atoms with E-state index in [-0.39, 0.29) is 17.3 Å². The third-order valence-corrected chi connectivity index (χ3v) is 3.48. The molecule has 0 spiro atoms. The number of hydrogen-bond acceptors (Lipinski definition) is 3. The zero-order valence-corrected chi connectivity index (χ0v) is 12.9. The number of nitrogens with zero attached hydrogens (tertiary/aromatic N) is 1. The molecule has 0 aromatic heterocycles. The van der Waals surface area contributed by atoms with E-state index in [1.54, 1.807) is 24.3 Å². The van der Waals surface area contributed by atoms with Crippen molar-refractivity contribution in [3.05, 3.63) is 62.1 Å². The lowest BCUT2D eigenvalue weighted by molar-refractivity contribution is -0.385. The van der Waals surface area contributed by atoms with E-state index >= 15 is 0 Å². The predicted octanol–water partition coefficient (Wildman–Crippen LogP) is 5.20. The van der Waals surface area contributed by atoms with E-state index in [4.69, 9.17) is 16.3 Å². The van der Waals surface area contributed by atoms with Crippen LogP contribution >= 0.6 is 27.5 Å². The van der Waals surface area contributed by atoms with Gasteiger partial charge in [0, 0.05) is 16.1 Å². The van der Waals surface area contributed by atoms with Crippen molar-refractivity contribution in [2.75, 3.05) is 0 Å². The smallest absolute Gasteiger partial charge is 0.311 e. The normalized spacial score (nSPS) is 10.3. The molecule has 0 heterocycles. The van der Waals surface area contributed by atoms with Gasteiger partial charge in [-0.1, -0.05) is 22.0 Å². The van der Waals surface area contributed by atoms with Crippen LogP contribution in [0, 0.1) is 17.0 Å². The molecule has 104 valence electrons. The molecule has 4 nitrogen and oxygen atoms in total. The van der Waals surface area contributed by atoms with Crippen molar-refractivity contribution in [2.24, 2.45) is 0 Å². The monoisotopic (exact) mass is 355 g/mol. The molecule has 0 aliphatic carbocycles. The number of halogens is 2. The third kappa shape index (κ3) is 3.29. The average molecular weight is 357 g/mol. The Morgan fingerprint density at radius 2 is 2.00 bits per heavy atom. The number of hydrogen-bond donors (Lipinski definition) is 0. The molecule has 0 saturated heterocycles. The molecular formula is C14H11BrClNO3. The fourth-order valence-corrected chi connectivity index (χ4v) is 2.34. The largest absolute Gasteiger partial charge is 0.450 e. The van der Waals surface area contributed by atoms with E-state index in [9.17, 15) is 10.1 Å². The lowest BCUT2D eigenvalue weighted by Crippen LogP contribution is -1.96. The first kappa shape index (κ1) is 14.8. The summed E-state index contributed by atoms with van der Waals surface area (Å²) in [7, 11) is 0. The molecule has 0 radical (unpaired) electrons. The van der Waals surface area contributed by atoms with Gasteiger partial charge in [0.2, 0.25) is 5.75 Å². The minimum atomic E-state index is -0.464.